The van der Waals surface area contributed by atoms with Crippen molar-refractivity contribution < 1.29 is 14.6 Å². The zero-order valence-corrected chi connectivity index (χ0v) is 10.3. The molecule has 17 heavy (non-hydrogen) atoms. The van der Waals surface area contributed by atoms with E-state index in [-0.39, 0.29) is 6.61 Å². The Morgan fingerprint density at radius 1 is 1.29 bits per heavy atom. The van der Waals surface area contributed by atoms with Crippen molar-refractivity contribution in [3.05, 3.63) is 11.9 Å². The molecule has 0 spiro atoms. The van der Waals surface area contributed by atoms with Gasteiger partial charge in [0.2, 0.25) is 0 Å². The Hall–Kier alpha value is -0.980. The van der Waals surface area contributed by atoms with E-state index in [1.54, 1.807) is 11.8 Å². The smallest absolute Gasteiger partial charge is 0.0828 e. The Labute approximate surface area is 102 Å². The molecule has 1 rings (SSSR count). The minimum Gasteiger partial charge on any atom is -0.396 e. The zero-order chi connectivity index (χ0) is 12.3. The van der Waals surface area contributed by atoms with E-state index in [0.717, 1.165) is 31.6 Å². The lowest BCUT2D eigenvalue weighted by Crippen LogP contribution is -2.08. The summed E-state index contributed by atoms with van der Waals surface area (Å²) >= 11 is 0. The van der Waals surface area contributed by atoms with Crippen LogP contribution in [-0.4, -0.2) is 53.6 Å². The average molecular weight is 243 g/mol. The molecule has 0 amide bonds. The van der Waals surface area contributed by atoms with Crippen LogP contribution in [0.3, 0.4) is 0 Å². The Balaban J connectivity index is 2.08. The number of rotatable bonds is 10. The van der Waals surface area contributed by atoms with Crippen molar-refractivity contribution in [2.24, 2.45) is 0 Å². The van der Waals surface area contributed by atoms with Gasteiger partial charge >= 0.3 is 0 Å². The van der Waals surface area contributed by atoms with Crippen LogP contribution in [0.1, 0.15) is 18.5 Å². The van der Waals surface area contributed by atoms with E-state index in [2.05, 4.69) is 10.3 Å². The van der Waals surface area contributed by atoms with Gasteiger partial charge in [-0.1, -0.05) is 5.21 Å². The van der Waals surface area contributed by atoms with Crippen LogP contribution in [-0.2, 0) is 22.4 Å². The maximum absolute atomic E-state index is 8.69. The van der Waals surface area contributed by atoms with Crippen LogP contribution in [0.25, 0.3) is 0 Å². The van der Waals surface area contributed by atoms with Gasteiger partial charge in [0.05, 0.1) is 18.8 Å². The average Bonchev–Trinajstić information content (AvgIpc) is 2.79. The molecule has 1 N–H and O–H groups in total. The Morgan fingerprint density at radius 2 is 2.18 bits per heavy atom. The van der Waals surface area contributed by atoms with Crippen LogP contribution in [0.2, 0.25) is 0 Å². The Morgan fingerprint density at radius 3 is 2.94 bits per heavy atom. The quantitative estimate of drug-likeness (QED) is 0.597. The molecule has 6 heteroatoms. The highest BCUT2D eigenvalue weighted by Gasteiger charge is 2.00. The van der Waals surface area contributed by atoms with Crippen LogP contribution in [0, 0.1) is 0 Å². The van der Waals surface area contributed by atoms with Crippen molar-refractivity contribution in [2.45, 2.75) is 25.8 Å². The first-order valence-corrected chi connectivity index (χ1v) is 5.93. The summed E-state index contributed by atoms with van der Waals surface area (Å²) in [5.41, 5.74) is 0.915. The minimum atomic E-state index is 0.190. The van der Waals surface area contributed by atoms with Gasteiger partial charge in [0.15, 0.2) is 0 Å². The summed E-state index contributed by atoms with van der Waals surface area (Å²) in [4.78, 5) is 0. The number of hydrogen-bond donors (Lipinski definition) is 1. The summed E-state index contributed by atoms with van der Waals surface area (Å²) in [6.45, 7) is 2.97. The normalized spacial score (nSPS) is 10.9. The second kappa shape index (κ2) is 9.09. The van der Waals surface area contributed by atoms with E-state index in [1.165, 1.54) is 0 Å². The third-order valence-corrected chi connectivity index (χ3v) is 2.28. The molecule has 6 nitrogen and oxygen atoms in total. The first kappa shape index (κ1) is 14.1. The van der Waals surface area contributed by atoms with Gasteiger partial charge in [-0.15, -0.1) is 5.10 Å². The fourth-order valence-electron chi connectivity index (χ4n) is 1.39. The number of aliphatic hydroxyl groups is 1. The third kappa shape index (κ3) is 6.35. The van der Waals surface area contributed by atoms with E-state index in [0.29, 0.717) is 19.8 Å². The second-order valence-electron chi connectivity index (χ2n) is 3.76. The summed E-state index contributed by atoms with van der Waals surface area (Å²) in [7, 11) is 1.68. The molecule has 0 radical (unpaired) electrons. The van der Waals surface area contributed by atoms with Crippen molar-refractivity contribution >= 4 is 0 Å². The summed E-state index contributed by atoms with van der Waals surface area (Å²) in [5.74, 6) is 0. The molecule has 1 aromatic heterocycles. The molecule has 0 aliphatic rings. The van der Waals surface area contributed by atoms with Crippen molar-refractivity contribution in [1.82, 2.24) is 15.0 Å². The fraction of sp³-hybridized carbons (Fsp3) is 0.818. The van der Waals surface area contributed by atoms with Crippen LogP contribution in [0.15, 0.2) is 6.20 Å². The predicted molar refractivity (Wildman–Crippen MR) is 62.7 cm³/mol. The molecule has 0 aliphatic carbocycles. The molecular weight excluding hydrogens is 222 g/mol. The Bertz CT molecular complexity index is 291. The molecule has 98 valence electrons. The van der Waals surface area contributed by atoms with Gasteiger partial charge in [0, 0.05) is 33.1 Å². The monoisotopic (exact) mass is 243 g/mol. The molecule has 0 fully saturated rings. The highest BCUT2D eigenvalue weighted by Crippen LogP contribution is 1.97. The van der Waals surface area contributed by atoms with Gasteiger partial charge in [-0.2, -0.15) is 0 Å². The summed E-state index contributed by atoms with van der Waals surface area (Å²) < 4.78 is 12.1. The number of aryl methyl sites for hydroxylation is 1. The van der Waals surface area contributed by atoms with Crippen LogP contribution in [0.5, 0.6) is 0 Å². The molecule has 0 bridgehead atoms. The minimum absolute atomic E-state index is 0.190. The maximum atomic E-state index is 8.69. The second-order valence-corrected chi connectivity index (χ2v) is 3.76. The predicted octanol–water partition coefficient (Wildman–Crippen LogP) is 0.256. The van der Waals surface area contributed by atoms with Gasteiger partial charge in [-0.05, 0) is 19.3 Å². The molecule has 0 aliphatic heterocycles. The third-order valence-electron chi connectivity index (χ3n) is 2.28. The number of nitrogens with zero attached hydrogens (tertiary/aromatic N) is 3. The van der Waals surface area contributed by atoms with E-state index >= 15 is 0 Å². The lowest BCUT2D eigenvalue weighted by molar-refractivity contribution is 0.0958. The fourth-order valence-corrected chi connectivity index (χ4v) is 1.39. The lowest BCUT2D eigenvalue weighted by atomic mass is 10.3. The molecule has 0 aromatic carbocycles. The molecule has 0 saturated heterocycles. The molecule has 0 saturated carbocycles. The highest BCUT2D eigenvalue weighted by atomic mass is 16.5. The SMILES string of the molecule is COCCCOCCn1cc(CCCO)nn1. The van der Waals surface area contributed by atoms with Gasteiger partial charge in [-0.3, -0.25) is 0 Å². The van der Waals surface area contributed by atoms with Gasteiger partial charge in [0.25, 0.3) is 0 Å². The summed E-state index contributed by atoms with van der Waals surface area (Å²) in [6.07, 6.45) is 4.31. The summed E-state index contributed by atoms with van der Waals surface area (Å²) in [5, 5.41) is 16.7. The number of hydrogen-bond acceptors (Lipinski definition) is 5. The maximum Gasteiger partial charge on any atom is 0.0828 e. The first-order chi connectivity index (χ1) is 8.36. The zero-order valence-electron chi connectivity index (χ0n) is 10.3. The van der Waals surface area contributed by atoms with Crippen LogP contribution < -0.4 is 0 Å². The van der Waals surface area contributed by atoms with Gasteiger partial charge in [0.1, 0.15) is 0 Å². The van der Waals surface area contributed by atoms with Crippen molar-refractivity contribution in [2.75, 3.05) is 33.5 Å². The van der Waals surface area contributed by atoms with E-state index < -0.39 is 0 Å². The Kier molecular flexibility index (Phi) is 7.53. The summed E-state index contributed by atoms with van der Waals surface area (Å²) in [6, 6.07) is 0. The largest absolute Gasteiger partial charge is 0.396 e. The lowest BCUT2D eigenvalue weighted by Gasteiger charge is -2.03. The van der Waals surface area contributed by atoms with Gasteiger partial charge < -0.3 is 14.6 Å². The standard InChI is InChI=1S/C11H21N3O3/c1-16-7-3-8-17-9-5-14-10-11(12-13-14)4-2-6-15/h10,15H,2-9H2,1H3. The number of aromatic nitrogens is 3. The molecular formula is C11H21N3O3. The molecule has 1 aromatic rings. The van der Waals surface area contributed by atoms with Gasteiger partial charge in [-0.25, -0.2) is 4.68 Å². The van der Waals surface area contributed by atoms with E-state index in [4.69, 9.17) is 14.6 Å². The van der Waals surface area contributed by atoms with Crippen LogP contribution >= 0.6 is 0 Å². The van der Waals surface area contributed by atoms with Crippen molar-refractivity contribution in [1.29, 1.82) is 0 Å². The first-order valence-electron chi connectivity index (χ1n) is 5.93. The van der Waals surface area contributed by atoms with Crippen LogP contribution in [0.4, 0.5) is 0 Å². The molecule has 1 heterocycles. The van der Waals surface area contributed by atoms with E-state index in [9.17, 15) is 0 Å². The number of aliphatic hydroxyl groups excluding tert-OH is 1. The topological polar surface area (TPSA) is 69.4 Å². The highest BCUT2D eigenvalue weighted by molar-refractivity contribution is 4.91. The molecule has 0 atom stereocenters. The number of ether oxygens (including phenoxy) is 2. The number of methoxy groups -OCH3 is 1. The van der Waals surface area contributed by atoms with Crippen molar-refractivity contribution in [3.63, 3.8) is 0 Å². The molecule has 0 unspecified atom stereocenters. The van der Waals surface area contributed by atoms with E-state index in [1.807, 2.05) is 6.20 Å². The van der Waals surface area contributed by atoms with Crippen molar-refractivity contribution in [3.8, 4) is 0 Å².